The number of ether oxygens (including phenoxy) is 1. The molecule has 1 atom stereocenters. The molecule has 1 aromatic carbocycles. The van der Waals surface area contributed by atoms with Gasteiger partial charge in [-0.2, -0.15) is 13.2 Å². The fourth-order valence-electron chi connectivity index (χ4n) is 3.34. The van der Waals surface area contributed by atoms with Crippen molar-refractivity contribution in [2.24, 2.45) is 0 Å². The lowest BCUT2D eigenvalue weighted by Gasteiger charge is -2.38. The lowest BCUT2D eigenvalue weighted by Crippen LogP contribution is -2.45. The molecule has 0 radical (unpaired) electrons. The summed E-state index contributed by atoms with van der Waals surface area (Å²) in [5.41, 5.74) is 1.36. The van der Waals surface area contributed by atoms with E-state index in [0.717, 1.165) is 38.3 Å². The number of hydrogen-bond donors (Lipinski definition) is 0. The van der Waals surface area contributed by atoms with Crippen LogP contribution < -0.4 is 0 Å². The summed E-state index contributed by atoms with van der Waals surface area (Å²) in [6, 6.07) is 5.85. The van der Waals surface area contributed by atoms with Crippen molar-refractivity contribution in [1.82, 2.24) is 4.90 Å². The van der Waals surface area contributed by atoms with Crippen LogP contribution in [-0.4, -0.2) is 37.2 Å². The smallest absolute Gasteiger partial charge is 0.379 e. The Balaban J connectivity index is 2.19. The maximum absolute atomic E-state index is 12.8. The largest absolute Gasteiger partial charge is 0.416 e. The molecule has 2 rings (SSSR count). The molecule has 0 amide bonds. The highest BCUT2D eigenvalue weighted by molar-refractivity contribution is 5.30. The third kappa shape index (κ3) is 5.58. The molecule has 1 unspecified atom stereocenters. The van der Waals surface area contributed by atoms with Crippen molar-refractivity contribution in [2.75, 3.05) is 26.3 Å². The summed E-state index contributed by atoms with van der Waals surface area (Å²) in [4.78, 5) is 2.41. The van der Waals surface area contributed by atoms with Gasteiger partial charge in [-0.1, -0.05) is 37.6 Å². The van der Waals surface area contributed by atoms with E-state index in [0.29, 0.717) is 0 Å². The molecule has 0 aromatic heterocycles. The zero-order valence-corrected chi connectivity index (χ0v) is 15.5. The quantitative estimate of drug-likeness (QED) is 0.686. The number of halogens is 3. The molecule has 0 N–H and O–H groups in total. The first-order chi connectivity index (χ1) is 11.6. The van der Waals surface area contributed by atoms with Crippen LogP contribution in [-0.2, 0) is 16.3 Å². The summed E-state index contributed by atoms with van der Waals surface area (Å²) in [6.45, 7) is 11.6. The third-order valence-corrected chi connectivity index (χ3v) is 4.75. The van der Waals surface area contributed by atoms with Gasteiger partial charge in [-0.3, -0.25) is 4.90 Å². The second kappa shape index (κ2) is 7.92. The molecule has 1 heterocycles. The first-order valence-electron chi connectivity index (χ1n) is 8.74. The molecule has 1 saturated heterocycles. The monoisotopic (exact) mass is 355 g/mol. The summed E-state index contributed by atoms with van der Waals surface area (Å²) < 4.78 is 43.8. The number of morpholine rings is 1. The molecule has 2 nitrogen and oxygen atoms in total. The molecule has 1 aliphatic heterocycles. The number of nitrogens with zero attached hydrogens (tertiary/aromatic N) is 1. The summed E-state index contributed by atoms with van der Waals surface area (Å²) in [7, 11) is 0. The summed E-state index contributed by atoms with van der Waals surface area (Å²) >= 11 is 0. The van der Waals surface area contributed by atoms with Gasteiger partial charge in [-0.15, -0.1) is 0 Å². The normalized spacial score (nSPS) is 18.0. The van der Waals surface area contributed by atoms with Crippen molar-refractivity contribution in [3.63, 3.8) is 0 Å². The average Bonchev–Trinajstić information content (AvgIpc) is 2.54. The van der Waals surface area contributed by atoms with Crippen molar-refractivity contribution < 1.29 is 17.9 Å². The number of benzene rings is 1. The highest BCUT2D eigenvalue weighted by Crippen LogP contribution is 2.34. The Bertz CT molecular complexity index is 580. The minimum atomic E-state index is -4.29. The molecular weight excluding hydrogens is 327 g/mol. The van der Waals surface area contributed by atoms with Crippen molar-refractivity contribution in [3.8, 4) is 0 Å². The van der Waals surface area contributed by atoms with Gasteiger partial charge in [0.25, 0.3) is 0 Å². The van der Waals surface area contributed by atoms with Crippen molar-refractivity contribution in [3.05, 3.63) is 47.0 Å². The minimum Gasteiger partial charge on any atom is -0.379 e. The predicted molar refractivity (Wildman–Crippen MR) is 94.7 cm³/mol. The number of alkyl halides is 3. The van der Waals surface area contributed by atoms with E-state index in [4.69, 9.17) is 4.74 Å². The highest BCUT2D eigenvalue weighted by atomic mass is 19.4. The Morgan fingerprint density at radius 2 is 1.60 bits per heavy atom. The van der Waals surface area contributed by atoms with E-state index in [1.807, 2.05) is 0 Å². The Hall–Kier alpha value is -1.33. The minimum absolute atomic E-state index is 0.223. The zero-order chi connectivity index (χ0) is 18.7. The molecule has 0 spiro atoms. The van der Waals surface area contributed by atoms with Crippen LogP contribution in [0.4, 0.5) is 13.2 Å². The van der Waals surface area contributed by atoms with E-state index < -0.39 is 11.7 Å². The molecule has 140 valence electrons. The van der Waals surface area contributed by atoms with Gasteiger partial charge in [0.1, 0.15) is 0 Å². The lowest BCUT2D eigenvalue weighted by molar-refractivity contribution is -0.137. The predicted octanol–water partition coefficient (Wildman–Crippen LogP) is 5.04. The first kappa shape index (κ1) is 20.0. The van der Waals surface area contributed by atoms with E-state index >= 15 is 0 Å². The molecule has 0 aliphatic carbocycles. The van der Waals surface area contributed by atoms with Crippen molar-refractivity contribution in [2.45, 2.75) is 51.7 Å². The Kier molecular flexibility index (Phi) is 6.33. The van der Waals surface area contributed by atoms with Crippen LogP contribution in [0.1, 0.15) is 45.2 Å². The summed E-state index contributed by atoms with van der Waals surface area (Å²) in [5, 5.41) is 0. The van der Waals surface area contributed by atoms with Gasteiger partial charge < -0.3 is 4.74 Å². The fraction of sp³-hybridized carbons (Fsp3) is 0.600. The van der Waals surface area contributed by atoms with Crippen LogP contribution in [0.15, 0.2) is 35.9 Å². The molecule has 1 aliphatic rings. The average molecular weight is 355 g/mol. The summed E-state index contributed by atoms with van der Waals surface area (Å²) in [6.07, 6.45) is -1.18. The maximum Gasteiger partial charge on any atom is 0.416 e. The van der Waals surface area contributed by atoms with Gasteiger partial charge in [0.2, 0.25) is 0 Å². The molecule has 25 heavy (non-hydrogen) atoms. The molecular formula is C20H28F3NO. The topological polar surface area (TPSA) is 12.5 Å². The van der Waals surface area contributed by atoms with E-state index in [2.05, 4.69) is 38.7 Å². The Morgan fingerprint density at radius 3 is 2.08 bits per heavy atom. The van der Waals surface area contributed by atoms with E-state index in [1.54, 1.807) is 12.1 Å². The van der Waals surface area contributed by atoms with Gasteiger partial charge in [-0.25, -0.2) is 0 Å². The van der Waals surface area contributed by atoms with E-state index in [-0.39, 0.29) is 11.5 Å². The van der Waals surface area contributed by atoms with E-state index in [1.165, 1.54) is 17.7 Å². The van der Waals surface area contributed by atoms with Gasteiger partial charge >= 0.3 is 6.18 Å². The van der Waals surface area contributed by atoms with Crippen LogP contribution in [0.2, 0.25) is 0 Å². The van der Waals surface area contributed by atoms with Crippen molar-refractivity contribution in [1.29, 1.82) is 0 Å². The number of rotatable bonds is 5. The Morgan fingerprint density at radius 1 is 1.08 bits per heavy atom. The molecule has 1 aromatic rings. The number of allylic oxidation sites excluding steroid dienone is 1. The second-order valence-electron chi connectivity index (χ2n) is 7.62. The standard InChI is InChI=1S/C20H28F3NO/c1-15(2)13-18(24-9-11-25-12-10-24)14-19(3,4)16-5-7-17(8-6-16)20(21,22)23/h5-8,13,18H,9-12,14H2,1-4H3. The zero-order valence-electron chi connectivity index (χ0n) is 15.5. The molecule has 1 fully saturated rings. The second-order valence-corrected chi connectivity index (χ2v) is 7.62. The highest BCUT2D eigenvalue weighted by Gasteiger charge is 2.32. The lowest BCUT2D eigenvalue weighted by atomic mass is 9.78. The van der Waals surface area contributed by atoms with Gasteiger partial charge in [-0.05, 0) is 43.4 Å². The maximum atomic E-state index is 12.8. The van der Waals surface area contributed by atoms with Crippen LogP contribution in [0.25, 0.3) is 0 Å². The summed E-state index contributed by atoms with van der Waals surface area (Å²) in [5.74, 6) is 0. The van der Waals surface area contributed by atoms with Gasteiger partial charge in [0, 0.05) is 19.1 Å². The van der Waals surface area contributed by atoms with E-state index in [9.17, 15) is 13.2 Å². The Labute approximate surface area is 148 Å². The van der Waals surface area contributed by atoms with Gasteiger partial charge in [0.05, 0.1) is 18.8 Å². The van der Waals surface area contributed by atoms with Crippen LogP contribution in [0, 0.1) is 0 Å². The fourth-order valence-corrected chi connectivity index (χ4v) is 3.34. The van der Waals surface area contributed by atoms with Crippen LogP contribution in [0.3, 0.4) is 0 Å². The molecule has 5 heteroatoms. The van der Waals surface area contributed by atoms with Crippen LogP contribution >= 0.6 is 0 Å². The van der Waals surface area contributed by atoms with Crippen molar-refractivity contribution >= 4 is 0 Å². The molecule has 0 bridgehead atoms. The number of hydrogen-bond acceptors (Lipinski definition) is 2. The molecule has 0 saturated carbocycles. The van der Waals surface area contributed by atoms with Gasteiger partial charge in [0.15, 0.2) is 0 Å². The van der Waals surface area contributed by atoms with Crippen LogP contribution in [0.5, 0.6) is 0 Å². The SMILES string of the molecule is CC(C)=CC(CC(C)(C)c1ccc(C(F)(F)F)cc1)N1CCOCC1. The third-order valence-electron chi connectivity index (χ3n) is 4.75. The first-order valence-corrected chi connectivity index (χ1v) is 8.74.